The summed E-state index contributed by atoms with van der Waals surface area (Å²) in [5.41, 5.74) is 3.55. The number of hydrogen-bond acceptors (Lipinski definition) is 3. The molecule has 0 saturated carbocycles. The van der Waals surface area contributed by atoms with E-state index in [-0.39, 0.29) is 10.9 Å². The molecule has 4 heteroatoms. The number of hydrogen-bond donors (Lipinski definition) is 0. The summed E-state index contributed by atoms with van der Waals surface area (Å²) in [5.74, 6) is 0. The molecule has 0 unspecified atom stereocenters. The Labute approximate surface area is 168 Å². The van der Waals surface area contributed by atoms with Crippen LogP contribution in [0.5, 0.6) is 0 Å². The van der Waals surface area contributed by atoms with Gasteiger partial charge in [-0.3, -0.25) is 9.59 Å². The maximum absolute atomic E-state index is 13.7. The average molecular weight is 387 g/mol. The lowest BCUT2D eigenvalue weighted by Crippen LogP contribution is -2.14. The number of pyridine rings is 2. The van der Waals surface area contributed by atoms with Crippen LogP contribution in [0.2, 0.25) is 0 Å². The van der Waals surface area contributed by atoms with Gasteiger partial charge < -0.3 is 8.82 Å². The molecule has 7 aromatic rings. The average Bonchev–Trinajstić information content (AvgIpc) is 3.17. The molecular formula is C26H13NO3. The van der Waals surface area contributed by atoms with Crippen LogP contribution in [0, 0.1) is 0 Å². The van der Waals surface area contributed by atoms with Gasteiger partial charge in [-0.1, -0.05) is 36.4 Å². The Morgan fingerprint density at radius 3 is 2.10 bits per heavy atom. The third kappa shape index (κ3) is 1.72. The lowest BCUT2D eigenvalue weighted by molar-refractivity contribution is 0.669. The van der Waals surface area contributed by atoms with Crippen molar-refractivity contribution in [2.75, 3.05) is 0 Å². The van der Waals surface area contributed by atoms with Crippen LogP contribution in [0.15, 0.2) is 92.9 Å². The zero-order valence-corrected chi connectivity index (χ0v) is 15.7. The molecule has 3 aromatic heterocycles. The van der Waals surface area contributed by atoms with Crippen molar-refractivity contribution in [1.29, 1.82) is 0 Å². The first kappa shape index (κ1) is 15.7. The summed E-state index contributed by atoms with van der Waals surface area (Å²) in [5, 5.41) is 4.09. The lowest BCUT2D eigenvalue weighted by Gasteiger charge is -2.14. The Kier molecular flexibility index (Phi) is 2.75. The highest BCUT2D eigenvalue weighted by molar-refractivity contribution is 6.21. The highest BCUT2D eigenvalue weighted by Crippen LogP contribution is 2.35. The third-order valence-corrected chi connectivity index (χ3v) is 6.13. The van der Waals surface area contributed by atoms with E-state index < -0.39 is 0 Å². The molecule has 0 atom stereocenters. The maximum atomic E-state index is 13.7. The number of benzene rings is 4. The Morgan fingerprint density at radius 2 is 1.23 bits per heavy atom. The van der Waals surface area contributed by atoms with Gasteiger partial charge in [-0.05, 0) is 42.5 Å². The van der Waals surface area contributed by atoms with Crippen molar-refractivity contribution in [2.24, 2.45) is 0 Å². The van der Waals surface area contributed by atoms with Gasteiger partial charge in [-0.15, -0.1) is 0 Å². The number of furan rings is 1. The first-order chi connectivity index (χ1) is 14.7. The number of rotatable bonds is 0. The van der Waals surface area contributed by atoms with Gasteiger partial charge in [0, 0.05) is 26.9 Å². The minimum atomic E-state index is -0.0811. The summed E-state index contributed by atoms with van der Waals surface area (Å²) in [7, 11) is 0. The predicted octanol–water partition coefficient (Wildman–Crippen LogP) is 5.46. The summed E-state index contributed by atoms with van der Waals surface area (Å²) in [6.07, 6.45) is 0. The van der Waals surface area contributed by atoms with Gasteiger partial charge >= 0.3 is 0 Å². The van der Waals surface area contributed by atoms with Gasteiger partial charge in [0.25, 0.3) is 0 Å². The van der Waals surface area contributed by atoms with Crippen molar-refractivity contribution < 1.29 is 4.42 Å². The monoisotopic (exact) mass is 387 g/mol. The van der Waals surface area contributed by atoms with E-state index in [0.29, 0.717) is 32.6 Å². The van der Waals surface area contributed by atoms with Crippen LogP contribution in [0.1, 0.15) is 0 Å². The van der Waals surface area contributed by atoms with E-state index in [9.17, 15) is 9.59 Å². The molecule has 0 aliphatic rings. The second-order valence-corrected chi connectivity index (χ2v) is 7.64. The van der Waals surface area contributed by atoms with Crippen LogP contribution < -0.4 is 10.9 Å². The molecule has 4 nitrogen and oxygen atoms in total. The molecule has 3 heterocycles. The highest BCUT2D eigenvalue weighted by Gasteiger charge is 2.20. The Hall–Kier alpha value is -4.18. The smallest absolute Gasteiger partial charge is 0.198 e. The zero-order valence-electron chi connectivity index (χ0n) is 15.7. The normalized spacial score (nSPS) is 12.3. The number of nitrogens with zero attached hydrogens (tertiary/aromatic N) is 1. The second kappa shape index (κ2) is 5.24. The zero-order chi connectivity index (χ0) is 20.0. The van der Waals surface area contributed by atoms with Crippen molar-refractivity contribution in [2.45, 2.75) is 0 Å². The van der Waals surface area contributed by atoms with Crippen molar-refractivity contribution in [3.63, 3.8) is 0 Å². The molecule has 140 valence electrons. The molecule has 0 radical (unpaired) electrons. The summed E-state index contributed by atoms with van der Waals surface area (Å²) in [6.45, 7) is 0. The van der Waals surface area contributed by atoms with E-state index in [4.69, 9.17) is 4.42 Å². The largest absolute Gasteiger partial charge is 0.456 e. The van der Waals surface area contributed by atoms with Gasteiger partial charge in [-0.25, -0.2) is 0 Å². The fourth-order valence-corrected chi connectivity index (χ4v) is 4.88. The van der Waals surface area contributed by atoms with Crippen LogP contribution >= 0.6 is 0 Å². The van der Waals surface area contributed by atoms with Crippen molar-refractivity contribution >= 4 is 60.0 Å². The SMILES string of the molecule is O=c1c2ccccc2n2c3ccc4oc5ccccc5c4c3c(=O)c3cccc1c32. The van der Waals surface area contributed by atoms with Gasteiger partial charge in [0.2, 0.25) is 0 Å². The van der Waals surface area contributed by atoms with E-state index in [1.54, 1.807) is 18.2 Å². The second-order valence-electron chi connectivity index (χ2n) is 7.64. The predicted molar refractivity (Wildman–Crippen MR) is 121 cm³/mol. The summed E-state index contributed by atoms with van der Waals surface area (Å²) >= 11 is 0. The van der Waals surface area contributed by atoms with E-state index >= 15 is 0 Å². The first-order valence-corrected chi connectivity index (χ1v) is 9.80. The molecule has 0 bridgehead atoms. The van der Waals surface area contributed by atoms with Gasteiger partial charge in [0.15, 0.2) is 10.9 Å². The Balaban J connectivity index is 1.95. The van der Waals surface area contributed by atoms with Gasteiger partial charge in [-0.2, -0.15) is 0 Å². The van der Waals surface area contributed by atoms with Crippen molar-refractivity contribution in [3.8, 4) is 0 Å². The van der Waals surface area contributed by atoms with Gasteiger partial charge in [0.05, 0.1) is 21.9 Å². The molecule has 0 N–H and O–H groups in total. The first-order valence-electron chi connectivity index (χ1n) is 9.80. The van der Waals surface area contributed by atoms with E-state index in [2.05, 4.69) is 4.40 Å². The van der Waals surface area contributed by atoms with Crippen LogP contribution in [-0.4, -0.2) is 4.40 Å². The standard InChI is InChI=1S/C26H13NO3/c28-25-14-6-1-3-10-18(14)27-19-12-13-21-22(15-7-2-4-11-20(15)30-21)23(19)26(29)17-9-5-8-16(25)24(17)27/h1-13H. The highest BCUT2D eigenvalue weighted by atomic mass is 16.3. The Bertz CT molecular complexity index is 1940. The molecule has 0 spiro atoms. The molecule has 30 heavy (non-hydrogen) atoms. The third-order valence-electron chi connectivity index (χ3n) is 6.13. The maximum Gasteiger partial charge on any atom is 0.198 e. The number of para-hydroxylation sites is 3. The molecule has 0 saturated heterocycles. The van der Waals surface area contributed by atoms with Crippen molar-refractivity contribution in [3.05, 3.63) is 99.3 Å². The molecule has 0 aliphatic heterocycles. The van der Waals surface area contributed by atoms with Crippen LogP contribution in [0.3, 0.4) is 0 Å². The number of fused-ring (bicyclic) bond motifs is 8. The van der Waals surface area contributed by atoms with E-state index in [1.165, 1.54) is 0 Å². The summed E-state index contributed by atoms with van der Waals surface area (Å²) < 4.78 is 8.08. The van der Waals surface area contributed by atoms with Crippen LogP contribution in [0.4, 0.5) is 0 Å². The quantitative estimate of drug-likeness (QED) is 0.257. The molecule has 0 aliphatic carbocycles. The topological polar surface area (TPSA) is 51.7 Å². The van der Waals surface area contributed by atoms with E-state index in [1.807, 2.05) is 60.7 Å². The number of aromatic nitrogens is 1. The Morgan fingerprint density at radius 1 is 0.533 bits per heavy atom. The minimum Gasteiger partial charge on any atom is -0.456 e. The molecule has 0 fully saturated rings. The molecule has 7 rings (SSSR count). The van der Waals surface area contributed by atoms with Crippen molar-refractivity contribution in [1.82, 2.24) is 4.40 Å². The lowest BCUT2D eigenvalue weighted by atomic mass is 10.0. The fourth-order valence-electron chi connectivity index (χ4n) is 4.88. The fraction of sp³-hybridized carbons (Fsp3) is 0. The summed E-state index contributed by atoms with van der Waals surface area (Å²) in [6, 6.07) is 24.6. The molecule has 4 aromatic carbocycles. The van der Waals surface area contributed by atoms with E-state index in [0.717, 1.165) is 27.4 Å². The minimum absolute atomic E-state index is 0.0511. The van der Waals surface area contributed by atoms with Crippen LogP contribution in [-0.2, 0) is 0 Å². The molecule has 0 amide bonds. The van der Waals surface area contributed by atoms with Crippen LogP contribution in [0.25, 0.3) is 60.0 Å². The molecular weight excluding hydrogens is 374 g/mol. The summed E-state index contributed by atoms with van der Waals surface area (Å²) in [4.78, 5) is 26.9. The van der Waals surface area contributed by atoms with Gasteiger partial charge in [0.1, 0.15) is 11.2 Å².